The van der Waals surface area contributed by atoms with Crippen LogP contribution in [0, 0.1) is 0 Å². The Morgan fingerprint density at radius 1 is 1.00 bits per heavy atom. The number of thiophene rings is 1. The van der Waals surface area contributed by atoms with Crippen LogP contribution in [0.5, 0.6) is 5.75 Å². The quantitative estimate of drug-likeness (QED) is 0.730. The van der Waals surface area contributed by atoms with E-state index in [2.05, 4.69) is 5.32 Å². The highest BCUT2D eigenvalue weighted by Gasteiger charge is 2.21. The lowest BCUT2D eigenvalue weighted by Gasteiger charge is -2.06. The van der Waals surface area contributed by atoms with E-state index in [0.29, 0.717) is 21.9 Å². The number of hydrogen-bond acceptors (Lipinski definition) is 5. The average molecular weight is 341 g/mol. The first kappa shape index (κ1) is 16.0. The summed E-state index contributed by atoms with van der Waals surface area (Å²) in [6.45, 7) is 0. The van der Waals surface area contributed by atoms with Gasteiger partial charge in [-0.15, -0.1) is 11.3 Å². The van der Waals surface area contributed by atoms with Gasteiger partial charge in [-0.25, -0.2) is 4.79 Å². The van der Waals surface area contributed by atoms with E-state index in [1.165, 1.54) is 18.4 Å². The fourth-order valence-corrected chi connectivity index (χ4v) is 3.44. The molecule has 0 atom stereocenters. The highest BCUT2D eigenvalue weighted by Crippen LogP contribution is 2.36. The summed E-state index contributed by atoms with van der Waals surface area (Å²) in [7, 11) is 2.89. The summed E-state index contributed by atoms with van der Waals surface area (Å²) >= 11 is 1.34. The Balaban J connectivity index is 1.96. The van der Waals surface area contributed by atoms with Gasteiger partial charge in [0.25, 0.3) is 5.91 Å². The standard InChI is InChI=1S/C18H15NO4S/c1-22-12-9-7-11(8-10-12)16(20)19-17-15(18(21)23-2)13-5-3-4-6-14(13)24-17/h3-10H,1-2H3,(H,19,20). The van der Waals surface area contributed by atoms with Crippen LogP contribution in [0.2, 0.25) is 0 Å². The maximum Gasteiger partial charge on any atom is 0.341 e. The van der Waals surface area contributed by atoms with Gasteiger partial charge in [-0.1, -0.05) is 18.2 Å². The Hall–Kier alpha value is -2.86. The summed E-state index contributed by atoms with van der Waals surface area (Å²) in [5, 5.41) is 4.05. The lowest BCUT2D eigenvalue weighted by atomic mass is 10.1. The second-order valence-electron chi connectivity index (χ2n) is 4.98. The molecule has 6 heteroatoms. The Morgan fingerprint density at radius 2 is 1.71 bits per heavy atom. The van der Waals surface area contributed by atoms with Gasteiger partial charge in [-0.2, -0.15) is 0 Å². The van der Waals surface area contributed by atoms with Crippen molar-refractivity contribution in [2.75, 3.05) is 19.5 Å². The van der Waals surface area contributed by atoms with Crippen molar-refractivity contribution in [3.05, 3.63) is 59.7 Å². The van der Waals surface area contributed by atoms with E-state index < -0.39 is 5.97 Å². The molecule has 3 rings (SSSR count). The van der Waals surface area contributed by atoms with Gasteiger partial charge < -0.3 is 14.8 Å². The maximum absolute atomic E-state index is 12.5. The molecule has 5 nitrogen and oxygen atoms in total. The number of anilines is 1. The molecule has 122 valence electrons. The van der Waals surface area contributed by atoms with Crippen LogP contribution in [0.25, 0.3) is 10.1 Å². The zero-order valence-corrected chi connectivity index (χ0v) is 14.0. The minimum absolute atomic E-state index is 0.297. The zero-order chi connectivity index (χ0) is 17.1. The van der Waals surface area contributed by atoms with Crippen LogP contribution in [0.4, 0.5) is 5.00 Å². The van der Waals surface area contributed by atoms with Gasteiger partial charge in [-0.05, 0) is 30.3 Å². The highest BCUT2D eigenvalue weighted by molar-refractivity contribution is 7.23. The van der Waals surface area contributed by atoms with Crippen LogP contribution in [0.3, 0.4) is 0 Å². The summed E-state index contributed by atoms with van der Waals surface area (Å²) in [6.07, 6.45) is 0. The molecule has 0 aliphatic rings. The first-order chi connectivity index (χ1) is 11.6. The van der Waals surface area contributed by atoms with Crippen molar-refractivity contribution in [3.8, 4) is 5.75 Å². The van der Waals surface area contributed by atoms with Gasteiger partial charge in [0.1, 0.15) is 16.3 Å². The number of esters is 1. The summed E-state index contributed by atoms with van der Waals surface area (Å²) in [6, 6.07) is 14.2. The van der Waals surface area contributed by atoms with E-state index in [1.807, 2.05) is 24.3 Å². The van der Waals surface area contributed by atoms with Crippen molar-refractivity contribution in [2.24, 2.45) is 0 Å². The zero-order valence-electron chi connectivity index (χ0n) is 13.2. The molecular weight excluding hydrogens is 326 g/mol. The maximum atomic E-state index is 12.5. The summed E-state index contributed by atoms with van der Waals surface area (Å²) in [4.78, 5) is 24.6. The molecule has 2 aromatic carbocycles. The molecule has 1 amide bonds. The third-order valence-corrected chi connectivity index (χ3v) is 4.65. The molecule has 0 saturated heterocycles. The molecule has 1 aromatic heterocycles. The molecule has 0 spiro atoms. The number of carbonyl (C=O) groups excluding carboxylic acids is 2. The Morgan fingerprint density at radius 3 is 2.38 bits per heavy atom. The number of amides is 1. The fraction of sp³-hybridized carbons (Fsp3) is 0.111. The van der Waals surface area contributed by atoms with Gasteiger partial charge >= 0.3 is 5.97 Å². The van der Waals surface area contributed by atoms with Crippen LogP contribution in [-0.4, -0.2) is 26.1 Å². The van der Waals surface area contributed by atoms with Crippen molar-refractivity contribution in [1.82, 2.24) is 0 Å². The van der Waals surface area contributed by atoms with Gasteiger partial charge in [-0.3, -0.25) is 4.79 Å². The Kier molecular flexibility index (Phi) is 4.48. The van der Waals surface area contributed by atoms with Crippen molar-refractivity contribution >= 4 is 38.3 Å². The monoisotopic (exact) mass is 341 g/mol. The number of ether oxygens (including phenoxy) is 2. The van der Waals surface area contributed by atoms with Crippen molar-refractivity contribution in [2.45, 2.75) is 0 Å². The van der Waals surface area contributed by atoms with E-state index in [4.69, 9.17) is 9.47 Å². The van der Waals surface area contributed by atoms with Crippen LogP contribution >= 0.6 is 11.3 Å². The van der Waals surface area contributed by atoms with Gasteiger partial charge in [0.2, 0.25) is 0 Å². The molecule has 0 aliphatic heterocycles. The molecule has 0 saturated carbocycles. The predicted molar refractivity (Wildman–Crippen MR) is 94.1 cm³/mol. The first-order valence-electron chi connectivity index (χ1n) is 7.19. The van der Waals surface area contributed by atoms with Crippen LogP contribution in [-0.2, 0) is 4.74 Å². The van der Waals surface area contributed by atoms with Crippen molar-refractivity contribution in [3.63, 3.8) is 0 Å². The summed E-state index contributed by atoms with van der Waals surface area (Å²) in [5.41, 5.74) is 0.851. The molecule has 24 heavy (non-hydrogen) atoms. The smallest absolute Gasteiger partial charge is 0.341 e. The number of rotatable bonds is 4. The third-order valence-electron chi connectivity index (χ3n) is 3.56. The van der Waals surface area contributed by atoms with Crippen molar-refractivity contribution in [1.29, 1.82) is 0 Å². The Labute approximate surface area is 142 Å². The molecule has 0 bridgehead atoms. The highest BCUT2D eigenvalue weighted by atomic mass is 32.1. The number of benzene rings is 2. The van der Waals surface area contributed by atoms with E-state index >= 15 is 0 Å². The van der Waals surface area contributed by atoms with Crippen LogP contribution in [0.1, 0.15) is 20.7 Å². The van der Waals surface area contributed by atoms with E-state index in [0.717, 1.165) is 10.1 Å². The molecule has 0 fully saturated rings. The first-order valence-corrected chi connectivity index (χ1v) is 8.01. The predicted octanol–water partition coefficient (Wildman–Crippen LogP) is 3.95. The molecule has 0 radical (unpaired) electrons. The number of hydrogen-bond donors (Lipinski definition) is 1. The van der Waals surface area contributed by atoms with Gasteiger partial charge in [0.15, 0.2) is 0 Å². The fourth-order valence-electron chi connectivity index (χ4n) is 2.36. The lowest BCUT2D eigenvalue weighted by molar-refractivity contribution is 0.0604. The van der Waals surface area contributed by atoms with Crippen LogP contribution < -0.4 is 10.1 Å². The number of fused-ring (bicyclic) bond motifs is 1. The molecule has 3 aromatic rings. The second kappa shape index (κ2) is 6.72. The van der Waals surface area contributed by atoms with Gasteiger partial charge in [0, 0.05) is 15.6 Å². The summed E-state index contributed by atoms with van der Waals surface area (Å²) < 4.78 is 10.8. The number of methoxy groups -OCH3 is 2. The molecule has 1 N–H and O–H groups in total. The number of nitrogens with one attached hydrogen (secondary N) is 1. The normalized spacial score (nSPS) is 10.4. The van der Waals surface area contributed by atoms with Gasteiger partial charge in [0.05, 0.1) is 14.2 Å². The van der Waals surface area contributed by atoms with Crippen molar-refractivity contribution < 1.29 is 19.1 Å². The van der Waals surface area contributed by atoms with E-state index in [-0.39, 0.29) is 5.91 Å². The largest absolute Gasteiger partial charge is 0.497 e. The average Bonchev–Trinajstić information content (AvgIpc) is 2.98. The molecule has 1 heterocycles. The Bertz CT molecular complexity index is 899. The van der Waals surface area contributed by atoms with E-state index in [1.54, 1.807) is 31.4 Å². The second-order valence-corrected chi connectivity index (χ2v) is 6.03. The lowest BCUT2D eigenvalue weighted by Crippen LogP contribution is -2.13. The topological polar surface area (TPSA) is 64.6 Å². The minimum atomic E-state index is -0.475. The molecular formula is C18H15NO4S. The van der Waals surface area contributed by atoms with Crippen LogP contribution in [0.15, 0.2) is 48.5 Å². The SMILES string of the molecule is COC(=O)c1c(NC(=O)c2ccc(OC)cc2)sc2ccccc12. The summed E-state index contributed by atoms with van der Waals surface area (Å²) in [5.74, 6) is -0.101. The minimum Gasteiger partial charge on any atom is -0.497 e. The number of carbonyl (C=O) groups is 2. The molecule has 0 aliphatic carbocycles. The van der Waals surface area contributed by atoms with E-state index in [9.17, 15) is 9.59 Å². The molecule has 0 unspecified atom stereocenters. The third kappa shape index (κ3) is 2.96.